The van der Waals surface area contributed by atoms with Gasteiger partial charge in [-0.15, -0.1) is 0 Å². The first-order valence-electron chi connectivity index (χ1n) is 6.11. The Labute approximate surface area is 101 Å². The standard InChI is InChI=1S/C14H17N3/c1-10-5-3-4-6-13(10)17-14-11(9-16-17)7-8-12(14)15-2/h3-6,9,12,15H,7-8H2,1-2H3. The zero-order valence-electron chi connectivity index (χ0n) is 10.3. The first kappa shape index (κ1) is 10.5. The minimum atomic E-state index is 0.437. The van der Waals surface area contributed by atoms with Crippen molar-refractivity contribution >= 4 is 0 Å². The van der Waals surface area contributed by atoms with Gasteiger partial charge in [0.2, 0.25) is 0 Å². The largest absolute Gasteiger partial charge is 0.312 e. The summed E-state index contributed by atoms with van der Waals surface area (Å²) < 4.78 is 2.10. The Morgan fingerprint density at radius 3 is 2.94 bits per heavy atom. The number of hydrogen-bond donors (Lipinski definition) is 1. The van der Waals surface area contributed by atoms with Crippen molar-refractivity contribution < 1.29 is 0 Å². The predicted molar refractivity (Wildman–Crippen MR) is 68.4 cm³/mol. The van der Waals surface area contributed by atoms with Crippen LogP contribution in [0.15, 0.2) is 30.5 Å². The zero-order chi connectivity index (χ0) is 11.8. The molecule has 17 heavy (non-hydrogen) atoms. The molecule has 1 unspecified atom stereocenters. The van der Waals surface area contributed by atoms with E-state index in [2.05, 4.69) is 46.3 Å². The van der Waals surface area contributed by atoms with Crippen molar-refractivity contribution in [1.82, 2.24) is 15.1 Å². The lowest BCUT2D eigenvalue weighted by molar-refractivity contribution is 0.556. The van der Waals surface area contributed by atoms with Crippen LogP contribution < -0.4 is 5.32 Å². The van der Waals surface area contributed by atoms with Crippen molar-refractivity contribution in [3.8, 4) is 5.69 Å². The first-order valence-corrected chi connectivity index (χ1v) is 6.11. The highest BCUT2D eigenvalue weighted by Crippen LogP contribution is 2.32. The Morgan fingerprint density at radius 2 is 2.18 bits per heavy atom. The van der Waals surface area contributed by atoms with Gasteiger partial charge >= 0.3 is 0 Å². The lowest BCUT2D eigenvalue weighted by Crippen LogP contribution is -2.17. The second-order valence-electron chi connectivity index (χ2n) is 4.63. The second kappa shape index (κ2) is 4.00. The van der Waals surface area contributed by atoms with Crippen LogP contribution in [0.2, 0.25) is 0 Å². The molecule has 3 nitrogen and oxygen atoms in total. The van der Waals surface area contributed by atoms with Crippen LogP contribution >= 0.6 is 0 Å². The fourth-order valence-electron chi connectivity index (χ4n) is 2.67. The Bertz CT molecular complexity index is 542. The van der Waals surface area contributed by atoms with Crippen molar-refractivity contribution in [3.63, 3.8) is 0 Å². The molecule has 0 saturated carbocycles. The van der Waals surface area contributed by atoms with Gasteiger partial charge in [0.1, 0.15) is 0 Å². The van der Waals surface area contributed by atoms with Gasteiger partial charge in [-0.05, 0) is 44.0 Å². The minimum Gasteiger partial charge on any atom is -0.312 e. The SMILES string of the molecule is CNC1CCc2cnn(-c3ccccc3C)c21. The van der Waals surface area contributed by atoms with Crippen molar-refractivity contribution in [2.45, 2.75) is 25.8 Å². The third-order valence-electron chi connectivity index (χ3n) is 3.61. The van der Waals surface area contributed by atoms with Crippen LogP contribution in [0.4, 0.5) is 0 Å². The second-order valence-corrected chi connectivity index (χ2v) is 4.63. The Hall–Kier alpha value is -1.61. The van der Waals surface area contributed by atoms with Crippen molar-refractivity contribution in [2.24, 2.45) is 0 Å². The highest BCUT2D eigenvalue weighted by molar-refractivity contribution is 5.43. The molecule has 0 amide bonds. The van der Waals surface area contributed by atoms with Gasteiger partial charge in [-0.2, -0.15) is 5.10 Å². The molecule has 1 atom stereocenters. The minimum absolute atomic E-state index is 0.437. The molecule has 0 aliphatic heterocycles. The number of aromatic nitrogens is 2. The van der Waals surface area contributed by atoms with Gasteiger partial charge < -0.3 is 5.32 Å². The molecule has 3 heteroatoms. The number of nitrogens with one attached hydrogen (secondary N) is 1. The smallest absolute Gasteiger partial charge is 0.0678 e. The van der Waals surface area contributed by atoms with Gasteiger partial charge in [-0.1, -0.05) is 18.2 Å². The van der Waals surface area contributed by atoms with E-state index in [0.29, 0.717) is 6.04 Å². The average molecular weight is 227 g/mol. The quantitative estimate of drug-likeness (QED) is 0.853. The zero-order valence-corrected chi connectivity index (χ0v) is 10.3. The monoisotopic (exact) mass is 227 g/mol. The van der Waals surface area contributed by atoms with E-state index in [9.17, 15) is 0 Å². The molecule has 1 aliphatic carbocycles. The summed E-state index contributed by atoms with van der Waals surface area (Å²) in [5.74, 6) is 0. The number of benzene rings is 1. The molecule has 0 bridgehead atoms. The maximum absolute atomic E-state index is 4.54. The molecule has 1 aromatic heterocycles. The molecular weight excluding hydrogens is 210 g/mol. The lowest BCUT2D eigenvalue weighted by Gasteiger charge is -2.14. The van der Waals surface area contributed by atoms with Gasteiger partial charge in [-0.3, -0.25) is 0 Å². The van der Waals surface area contributed by atoms with Gasteiger partial charge in [0.15, 0.2) is 0 Å². The first-order chi connectivity index (χ1) is 8.31. The van der Waals surface area contributed by atoms with Gasteiger partial charge in [-0.25, -0.2) is 4.68 Å². The predicted octanol–water partition coefficient (Wildman–Crippen LogP) is 2.39. The van der Waals surface area contributed by atoms with Crippen LogP contribution in [-0.2, 0) is 6.42 Å². The Balaban J connectivity index is 2.15. The van der Waals surface area contributed by atoms with E-state index in [1.165, 1.54) is 28.9 Å². The average Bonchev–Trinajstić information content (AvgIpc) is 2.91. The summed E-state index contributed by atoms with van der Waals surface area (Å²) in [7, 11) is 2.02. The fourth-order valence-corrected chi connectivity index (χ4v) is 2.67. The Morgan fingerprint density at radius 1 is 1.35 bits per heavy atom. The van der Waals surface area contributed by atoms with E-state index in [0.717, 1.165) is 6.42 Å². The summed E-state index contributed by atoms with van der Waals surface area (Å²) in [5.41, 5.74) is 5.17. The van der Waals surface area contributed by atoms with Crippen LogP contribution in [0, 0.1) is 6.92 Å². The van der Waals surface area contributed by atoms with E-state index in [-0.39, 0.29) is 0 Å². The van der Waals surface area contributed by atoms with Crippen LogP contribution in [-0.4, -0.2) is 16.8 Å². The molecule has 88 valence electrons. The molecule has 0 spiro atoms. The van der Waals surface area contributed by atoms with E-state index in [1.54, 1.807) is 0 Å². The highest BCUT2D eigenvalue weighted by atomic mass is 15.3. The number of nitrogens with zero attached hydrogens (tertiary/aromatic N) is 2. The number of hydrogen-bond acceptors (Lipinski definition) is 2. The van der Waals surface area contributed by atoms with E-state index < -0.39 is 0 Å². The number of rotatable bonds is 2. The van der Waals surface area contributed by atoms with Crippen LogP contribution in [0.25, 0.3) is 5.69 Å². The number of fused-ring (bicyclic) bond motifs is 1. The topological polar surface area (TPSA) is 29.9 Å². The summed E-state index contributed by atoms with van der Waals surface area (Å²) in [6, 6.07) is 8.84. The van der Waals surface area contributed by atoms with Gasteiger partial charge in [0, 0.05) is 6.04 Å². The van der Waals surface area contributed by atoms with E-state index >= 15 is 0 Å². The number of aryl methyl sites for hydroxylation is 2. The van der Waals surface area contributed by atoms with Crippen LogP contribution in [0.1, 0.15) is 29.3 Å². The fraction of sp³-hybridized carbons (Fsp3) is 0.357. The van der Waals surface area contributed by atoms with Gasteiger partial charge in [0.25, 0.3) is 0 Å². The normalized spacial score (nSPS) is 18.4. The third kappa shape index (κ3) is 1.58. The molecule has 0 radical (unpaired) electrons. The van der Waals surface area contributed by atoms with Crippen molar-refractivity contribution in [2.75, 3.05) is 7.05 Å². The molecule has 2 aromatic rings. The summed E-state index contributed by atoms with van der Waals surface area (Å²) in [4.78, 5) is 0. The maximum Gasteiger partial charge on any atom is 0.0678 e. The number of para-hydroxylation sites is 1. The summed E-state index contributed by atoms with van der Waals surface area (Å²) in [6.07, 6.45) is 4.32. The molecule has 1 aliphatic rings. The molecule has 0 saturated heterocycles. The van der Waals surface area contributed by atoms with Crippen molar-refractivity contribution in [3.05, 3.63) is 47.3 Å². The molecule has 0 fully saturated rings. The summed E-state index contributed by atoms with van der Waals surface area (Å²) >= 11 is 0. The molecule has 1 aromatic carbocycles. The summed E-state index contributed by atoms with van der Waals surface area (Å²) in [6.45, 7) is 2.13. The van der Waals surface area contributed by atoms with Crippen molar-refractivity contribution in [1.29, 1.82) is 0 Å². The maximum atomic E-state index is 4.54. The molecule has 1 heterocycles. The highest BCUT2D eigenvalue weighted by Gasteiger charge is 2.26. The molecular formula is C14H17N3. The van der Waals surface area contributed by atoms with Crippen LogP contribution in [0.3, 0.4) is 0 Å². The Kier molecular flexibility index (Phi) is 2.48. The van der Waals surface area contributed by atoms with E-state index in [1.807, 2.05) is 13.2 Å². The van der Waals surface area contributed by atoms with Crippen LogP contribution in [0.5, 0.6) is 0 Å². The van der Waals surface area contributed by atoms with E-state index in [4.69, 9.17) is 0 Å². The molecule has 1 N–H and O–H groups in total. The lowest BCUT2D eigenvalue weighted by atomic mass is 10.2. The molecule has 3 rings (SSSR count). The third-order valence-corrected chi connectivity index (χ3v) is 3.61. The van der Waals surface area contributed by atoms with Gasteiger partial charge in [0.05, 0.1) is 17.6 Å². The summed E-state index contributed by atoms with van der Waals surface area (Å²) in [5, 5.41) is 7.92.